The van der Waals surface area contributed by atoms with Gasteiger partial charge >= 0.3 is 5.97 Å². The fraction of sp³-hybridized carbons (Fsp3) is 0.500. The predicted molar refractivity (Wildman–Crippen MR) is 72.0 cm³/mol. The van der Waals surface area contributed by atoms with E-state index in [1.54, 1.807) is 6.07 Å². The molecule has 0 saturated carbocycles. The number of nitrogens with zero attached hydrogens (tertiary/aromatic N) is 1. The molecular formula is C14H19FN2O2. The molecule has 2 unspecified atom stereocenters. The maximum absolute atomic E-state index is 13.6. The molecule has 0 amide bonds. The Bertz CT molecular complexity index is 479. The molecule has 1 fully saturated rings. The Morgan fingerprint density at radius 1 is 1.53 bits per heavy atom. The van der Waals surface area contributed by atoms with Crippen molar-refractivity contribution in [2.75, 3.05) is 25.5 Å². The second kappa shape index (κ2) is 5.57. The molecule has 0 bridgehead atoms. The minimum atomic E-state index is -1.24. The van der Waals surface area contributed by atoms with Crippen LogP contribution >= 0.6 is 0 Å². The average Bonchev–Trinajstić information content (AvgIpc) is 2.32. The van der Waals surface area contributed by atoms with E-state index in [1.807, 2.05) is 0 Å². The van der Waals surface area contributed by atoms with Crippen molar-refractivity contribution >= 4 is 11.7 Å². The highest BCUT2D eigenvalue weighted by atomic mass is 19.1. The van der Waals surface area contributed by atoms with E-state index in [2.05, 4.69) is 24.2 Å². The first kappa shape index (κ1) is 13.8. The molecule has 1 saturated heterocycles. The molecule has 0 aromatic heterocycles. The number of carboxylic acids is 1. The van der Waals surface area contributed by atoms with Crippen LogP contribution in [0, 0.1) is 11.7 Å². The van der Waals surface area contributed by atoms with E-state index in [4.69, 9.17) is 5.11 Å². The molecule has 1 heterocycles. The van der Waals surface area contributed by atoms with Crippen LogP contribution in [-0.2, 0) is 0 Å². The van der Waals surface area contributed by atoms with Gasteiger partial charge in [0.2, 0.25) is 0 Å². The van der Waals surface area contributed by atoms with Crippen molar-refractivity contribution in [3.63, 3.8) is 0 Å². The summed E-state index contributed by atoms with van der Waals surface area (Å²) in [6.45, 7) is 4.18. The minimum Gasteiger partial charge on any atom is -0.478 e. The summed E-state index contributed by atoms with van der Waals surface area (Å²) >= 11 is 0. The minimum absolute atomic E-state index is 0.290. The highest BCUT2D eigenvalue weighted by molar-refractivity contribution is 5.88. The summed E-state index contributed by atoms with van der Waals surface area (Å²) in [6, 6.07) is 4.48. The molecule has 0 spiro atoms. The topological polar surface area (TPSA) is 52.6 Å². The lowest BCUT2D eigenvalue weighted by atomic mass is 9.94. The third-order valence-electron chi connectivity index (χ3n) is 3.66. The molecule has 1 aliphatic rings. The molecule has 2 atom stereocenters. The second-order valence-electron chi connectivity index (χ2n) is 5.28. The van der Waals surface area contributed by atoms with E-state index >= 15 is 0 Å². The fourth-order valence-electron chi connectivity index (χ4n) is 2.56. The summed E-state index contributed by atoms with van der Waals surface area (Å²) in [5, 5.41) is 12.1. The summed E-state index contributed by atoms with van der Waals surface area (Å²) in [6.07, 6.45) is 1.000. The van der Waals surface area contributed by atoms with Gasteiger partial charge in [0.1, 0.15) is 5.82 Å². The third-order valence-corrected chi connectivity index (χ3v) is 3.66. The molecule has 1 aromatic rings. The smallest absolute Gasteiger partial charge is 0.338 e. The van der Waals surface area contributed by atoms with Gasteiger partial charge in [0.25, 0.3) is 0 Å². The van der Waals surface area contributed by atoms with Crippen LogP contribution in [0.5, 0.6) is 0 Å². The SMILES string of the molecule is CC1CN(C)CCC1Nc1ccc(C(=O)O)c(F)c1. The molecule has 0 radical (unpaired) electrons. The lowest BCUT2D eigenvalue weighted by Gasteiger charge is -2.35. The summed E-state index contributed by atoms with van der Waals surface area (Å²) in [4.78, 5) is 13.0. The van der Waals surface area contributed by atoms with Gasteiger partial charge in [-0.25, -0.2) is 9.18 Å². The largest absolute Gasteiger partial charge is 0.478 e. The van der Waals surface area contributed by atoms with Gasteiger partial charge in [-0.05, 0) is 44.1 Å². The lowest BCUT2D eigenvalue weighted by Crippen LogP contribution is -2.43. The van der Waals surface area contributed by atoms with Gasteiger partial charge in [-0.15, -0.1) is 0 Å². The summed E-state index contributed by atoms with van der Waals surface area (Å²) in [5.41, 5.74) is 0.353. The number of hydrogen-bond acceptors (Lipinski definition) is 3. The molecule has 2 rings (SSSR count). The number of aromatic carboxylic acids is 1. The fourth-order valence-corrected chi connectivity index (χ4v) is 2.56. The van der Waals surface area contributed by atoms with Gasteiger partial charge in [0.05, 0.1) is 5.56 Å². The zero-order valence-corrected chi connectivity index (χ0v) is 11.2. The van der Waals surface area contributed by atoms with Crippen molar-refractivity contribution < 1.29 is 14.3 Å². The maximum atomic E-state index is 13.6. The zero-order valence-electron chi connectivity index (χ0n) is 11.2. The number of piperidine rings is 1. The van der Waals surface area contributed by atoms with Crippen LogP contribution in [-0.4, -0.2) is 42.2 Å². The van der Waals surface area contributed by atoms with Crippen molar-refractivity contribution in [2.45, 2.75) is 19.4 Å². The number of benzene rings is 1. The standard InChI is InChI=1S/C14H19FN2O2/c1-9-8-17(2)6-5-13(9)16-10-3-4-11(14(18)19)12(15)7-10/h3-4,7,9,13,16H,5-6,8H2,1-2H3,(H,18,19). The monoisotopic (exact) mass is 266 g/mol. The van der Waals surface area contributed by atoms with E-state index in [1.165, 1.54) is 12.1 Å². The Hall–Kier alpha value is -1.62. The number of anilines is 1. The van der Waals surface area contributed by atoms with E-state index in [0.29, 0.717) is 17.6 Å². The van der Waals surface area contributed by atoms with Crippen LogP contribution in [0.2, 0.25) is 0 Å². The highest BCUT2D eigenvalue weighted by Gasteiger charge is 2.24. The van der Waals surface area contributed by atoms with E-state index in [0.717, 1.165) is 19.5 Å². The lowest BCUT2D eigenvalue weighted by molar-refractivity contribution is 0.0692. The molecule has 4 nitrogen and oxygen atoms in total. The van der Waals surface area contributed by atoms with Crippen molar-refractivity contribution in [1.82, 2.24) is 4.90 Å². The number of halogens is 1. The molecule has 19 heavy (non-hydrogen) atoms. The van der Waals surface area contributed by atoms with Crippen LogP contribution in [0.4, 0.5) is 10.1 Å². The quantitative estimate of drug-likeness (QED) is 0.881. The first-order valence-corrected chi connectivity index (χ1v) is 6.45. The Labute approximate surface area is 112 Å². The van der Waals surface area contributed by atoms with Crippen LogP contribution < -0.4 is 5.32 Å². The summed E-state index contributed by atoms with van der Waals surface area (Å²) in [7, 11) is 2.09. The Morgan fingerprint density at radius 2 is 2.26 bits per heavy atom. The second-order valence-corrected chi connectivity index (χ2v) is 5.28. The third kappa shape index (κ3) is 3.23. The maximum Gasteiger partial charge on any atom is 0.338 e. The van der Waals surface area contributed by atoms with E-state index in [-0.39, 0.29) is 5.56 Å². The number of likely N-dealkylation sites (tertiary alicyclic amines) is 1. The van der Waals surface area contributed by atoms with Gasteiger partial charge in [0, 0.05) is 18.3 Å². The molecule has 1 aromatic carbocycles. The molecule has 5 heteroatoms. The Balaban J connectivity index is 2.07. The van der Waals surface area contributed by atoms with E-state index in [9.17, 15) is 9.18 Å². The Kier molecular flexibility index (Phi) is 4.04. The van der Waals surface area contributed by atoms with Crippen LogP contribution in [0.1, 0.15) is 23.7 Å². The van der Waals surface area contributed by atoms with Crippen LogP contribution in [0.3, 0.4) is 0 Å². The van der Waals surface area contributed by atoms with Gasteiger partial charge in [0.15, 0.2) is 0 Å². The molecular weight excluding hydrogens is 247 g/mol. The molecule has 104 valence electrons. The normalized spacial score (nSPS) is 24.2. The van der Waals surface area contributed by atoms with Crippen LogP contribution in [0.15, 0.2) is 18.2 Å². The van der Waals surface area contributed by atoms with Crippen molar-refractivity contribution in [3.05, 3.63) is 29.6 Å². The predicted octanol–water partition coefficient (Wildman–Crippen LogP) is 2.28. The number of nitrogens with one attached hydrogen (secondary N) is 1. The summed E-state index contributed by atoms with van der Waals surface area (Å²) < 4.78 is 13.6. The first-order valence-electron chi connectivity index (χ1n) is 6.45. The molecule has 2 N–H and O–H groups in total. The molecule has 1 aliphatic heterocycles. The van der Waals surface area contributed by atoms with Gasteiger partial charge < -0.3 is 15.3 Å². The highest BCUT2D eigenvalue weighted by Crippen LogP contribution is 2.22. The number of carbonyl (C=O) groups is 1. The molecule has 0 aliphatic carbocycles. The van der Waals surface area contributed by atoms with Crippen molar-refractivity contribution in [2.24, 2.45) is 5.92 Å². The average molecular weight is 266 g/mol. The number of carboxylic acid groups (broad SMARTS) is 1. The van der Waals surface area contributed by atoms with E-state index < -0.39 is 11.8 Å². The summed E-state index contributed by atoms with van der Waals surface area (Å²) in [5.74, 6) is -1.46. The van der Waals surface area contributed by atoms with Gasteiger partial charge in [-0.3, -0.25) is 0 Å². The van der Waals surface area contributed by atoms with Crippen LogP contribution in [0.25, 0.3) is 0 Å². The van der Waals surface area contributed by atoms with Crippen molar-refractivity contribution in [1.29, 1.82) is 0 Å². The first-order chi connectivity index (χ1) is 8.97. The zero-order chi connectivity index (χ0) is 14.0. The van der Waals surface area contributed by atoms with Gasteiger partial charge in [-0.2, -0.15) is 0 Å². The number of hydrogen-bond donors (Lipinski definition) is 2. The van der Waals surface area contributed by atoms with Gasteiger partial charge in [-0.1, -0.05) is 6.92 Å². The number of rotatable bonds is 3. The Morgan fingerprint density at radius 3 is 2.84 bits per heavy atom. The van der Waals surface area contributed by atoms with Crippen molar-refractivity contribution in [3.8, 4) is 0 Å².